The summed E-state index contributed by atoms with van der Waals surface area (Å²) in [7, 11) is 0. The fraction of sp³-hybridized carbons (Fsp3) is 0.176. The Kier molecular flexibility index (Phi) is 3.08. The molecule has 2 heteroatoms. The molecule has 96 valence electrons. The van der Waals surface area contributed by atoms with Crippen LogP contribution < -0.4 is 0 Å². The second-order valence-electron chi connectivity index (χ2n) is 4.93. The van der Waals surface area contributed by atoms with Crippen LogP contribution in [-0.4, -0.2) is 5.11 Å². The molecule has 1 nitrogen and oxygen atoms in total. The van der Waals surface area contributed by atoms with Gasteiger partial charge in [0.25, 0.3) is 0 Å². The van der Waals surface area contributed by atoms with E-state index in [4.69, 9.17) is 0 Å². The molecule has 1 aliphatic carbocycles. The van der Waals surface area contributed by atoms with Gasteiger partial charge in [-0.15, -0.1) is 0 Å². The Morgan fingerprint density at radius 2 is 1.74 bits per heavy atom. The van der Waals surface area contributed by atoms with Crippen molar-refractivity contribution in [1.82, 2.24) is 0 Å². The maximum atomic E-state index is 11.1. The highest BCUT2D eigenvalue weighted by molar-refractivity contribution is 9.10. The highest BCUT2D eigenvalue weighted by atomic mass is 79.9. The Morgan fingerprint density at radius 1 is 1.05 bits per heavy atom. The first-order chi connectivity index (χ1) is 9.15. The summed E-state index contributed by atoms with van der Waals surface area (Å²) in [5.41, 5.74) is 3.16. The van der Waals surface area contributed by atoms with Gasteiger partial charge in [0.2, 0.25) is 0 Å². The summed E-state index contributed by atoms with van der Waals surface area (Å²) in [5, 5.41) is 11.1. The lowest BCUT2D eigenvalue weighted by Crippen LogP contribution is -2.25. The molecule has 2 aromatic carbocycles. The van der Waals surface area contributed by atoms with E-state index in [0.717, 1.165) is 28.4 Å². The molecule has 0 amide bonds. The third kappa shape index (κ3) is 1.96. The minimum atomic E-state index is -1.09. The monoisotopic (exact) mass is 314 g/mol. The first kappa shape index (κ1) is 12.6. The van der Waals surface area contributed by atoms with Crippen molar-refractivity contribution in [3.8, 4) is 0 Å². The average molecular weight is 315 g/mol. The quantitative estimate of drug-likeness (QED) is 0.790. The summed E-state index contributed by atoms with van der Waals surface area (Å²) >= 11 is 3.50. The maximum Gasteiger partial charge on any atom is 0.133 e. The maximum absolute atomic E-state index is 11.1. The van der Waals surface area contributed by atoms with Gasteiger partial charge in [-0.25, -0.2) is 0 Å². The largest absolute Gasteiger partial charge is 0.377 e. The van der Waals surface area contributed by atoms with Crippen molar-refractivity contribution in [1.29, 1.82) is 0 Å². The van der Waals surface area contributed by atoms with Crippen molar-refractivity contribution < 1.29 is 5.11 Å². The third-order valence-corrected chi connectivity index (χ3v) is 4.36. The number of benzene rings is 2. The second-order valence-corrected chi connectivity index (χ2v) is 5.84. The first-order valence-electron chi connectivity index (χ1n) is 6.38. The van der Waals surface area contributed by atoms with Crippen molar-refractivity contribution in [2.75, 3.05) is 0 Å². The number of hydrogen-bond donors (Lipinski definition) is 1. The molecule has 1 aliphatic rings. The Hall–Kier alpha value is -1.38. The van der Waals surface area contributed by atoms with Gasteiger partial charge in [0.05, 0.1) is 0 Å². The molecule has 0 bridgehead atoms. The zero-order valence-corrected chi connectivity index (χ0v) is 12.2. The fourth-order valence-corrected chi connectivity index (χ4v) is 3.29. The van der Waals surface area contributed by atoms with E-state index in [2.05, 4.69) is 34.6 Å². The molecule has 0 saturated heterocycles. The average Bonchev–Trinajstić information content (AvgIpc) is 2.55. The number of halogens is 1. The van der Waals surface area contributed by atoms with Gasteiger partial charge in [-0.3, -0.25) is 0 Å². The van der Waals surface area contributed by atoms with Crippen LogP contribution in [0.3, 0.4) is 0 Å². The van der Waals surface area contributed by atoms with Crippen LogP contribution in [0.1, 0.15) is 22.3 Å². The molecule has 3 rings (SSSR count). The molecule has 0 unspecified atom stereocenters. The van der Waals surface area contributed by atoms with Crippen molar-refractivity contribution in [3.63, 3.8) is 0 Å². The van der Waals surface area contributed by atoms with E-state index in [1.807, 2.05) is 30.3 Å². The van der Waals surface area contributed by atoms with E-state index >= 15 is 0 Å². The van der Waals surface area contributed by atoms with E-state index in [1.54, 1.807) is 6.08 Å². The summed E-state index contributed by atoms with van der Waals surface area (Å²) in [4.78, 5) is 0. The molecule has 0 aliphatic heterocycles. The van der Waals surface area contributed by atoms with Gasteiger partial charge in [0.15, 0.2) is 0 Å². The van der Waals surface area contributed by atoms with Crippen LogP contribution in [0.25, 0.3) is 0 Å². The summed E-state index contributed by atoms with van der Waals surface area (Å²) in [5.74, 6) is 0. The zero-order valence-electron chi connectivity index (χ0n) is 10.6. The lowest BCUT2D eigenvalue weighted by molar-refractivity contribution is 0.134. The van der Waals surface area contributed by atoms with Crippen molar-refractivity contribution >= 4 is 15.9 Å². The van der Waals surface area contributed by atoms with E-state index in [1.165, 1.54) is 11.1 Å². The molecule has 0 heterocycles. The predicted octanol–water partition coefficient (Wildman–Crippen LogP) is 3.97. The molecular formula is C17H15BrO. The molecule has 0 radical (unpaired) electrons. The van der Waals surface area contributed by atoms with Crippen molar-refractivity contribution in [2.45, 2.75) is 18.4 Å². The molecule has 1 atom stereocenters. The number of rotatable bonds is 1. The SMILES string of the molecule is C=C[C@@]1(O)c2ccccc2CCc2cc(Br)ccc21. The highest BCUT2D eigenvalue weighted by Gasteiger charge is 2.34. The van der Waals surface area contributed by atoms with Gasteiger partial charge < -0.3 is 5.11 Å². The highest BCUT2D eigenvalue weighted by Crippen LogP contribution is 2.39. The predicted molar refractivity (Wildman–Crippen MR) is 81.2 cm³/mol. The smallest absolute Gasteiger partial charge is 0.133 e. The Bertz CT molecular complexity index is 647. The van der Waals surface area contributed by atoms with Crippen LogP contribution in [-0.2, 0) is 18.4 Å². The van der Waals surface area contributed by atoms with E-state index in [-0.39, 0.29) is 0 Å². The third-order valence-electron chi connectivity index (χ3n) is 3.86. The second kappa shape index (κ2) is 4.62. The van der Waals surface area contributed by atoms with Gasteiger partial charge in [0.1, 0.15) is 5.60 Å². The van der Waals surface area contributed by atoms with Gasteiger partial charge in [-0.1, -0.05) is 58.9 Å². The molecule has 19 heavy (non-hydrogen) atoms. The molecule has 0 spiro atoms. The molecule has 2 aromatic rings. The number of aryl methyl sites for hydroxylation is 2. The van der Waals surface area contributed by atoms with Crippen LogP contribution in [0.4, 0.5) is 0 Å². The van der Waals surface area contributed by atoms with Gasteiger partial charge >= 0.3 is 0 Å². The molecule has 0 saturated carbocycles. The molecule has 0 aromatic heterocycles. The minimum absolute atomic E-state index is 0.932. The molecular weight excluding hydrogens is 300 g/mol. The number of aliphatic hydroxyl groups is 1. The van der Waals surface area contributed by atoms with Crippen LogP contribution >= 0.6 is 15.9 Å². The Labute approximate surface area is 121 Å². The van der Waals surface area contributed by atoms with Crippen LogP contribution in [0.2, 0.25) is 0 Å². The van der Waals surface area contributed by atoms with Gasteiger partial charge in [0, 0.05) is 4.47 Å². The lowest BCUT2D eigenvalue weighted by atomic mass is 9.84. The number of fused-ring (bicyclic) bond motifs is 2. The van der Waals surface area contributed by atoms with Crippen LogP contribution in [0, 0.1) is 0 Å². The minimum Gasteiger partial charge on any atom is -0.377 e. The Morgan fingerprint density at radius 3 is 2.53 bits per heavy atom. The topological polar surface area (TPSA) is 20.2 Å². The number of hydrogen-bond acceptors (Lipinski definition) is 1. The van der Waals surface area contributed by atoms with Crippen LogP contribution in [0.15, 0.2) is 59.6 Å². The summed E-state index contributed by atoms with van der Waals surface area (Å²) in [6.45, 7) is 3.86. The standard InChI is InChI=1S/C17H15BrO/c1-2-17(19)15-6-4-3-5-12(15)7-8-13-11-14(18)9-10-16(13)17/h2-6,9-11,19H,1,7-8H2/t17-/m1/s1. The van der Waals surface area contributed by atoms with Gasteiger partial charge in [-0.05, 0) is 47.2 Å². The summed E-state index contributed by atoms with van der Waals surface area (Å²) < 4.78 is 1.05. The van der Waals surface area contributed by atoms with E-state index < -0.39 is 5.60 Å². The zero-order chi connectivity index (χ0) is 13.5. The van der Waals surface area contributed by atoms with E-state index in [9.17, 15) is 5.11 Å². The molecule has 0 fully saturated rings. The lowest BCUT2D eigenvalue weighted by Gasteiger charge is -2.27. The van der Waals surface area contributed by atoms with E-state index in [0.29, 0.717) is 0 Å². The molecule has 1 N–H and O–H groups in total. The summed E-state index contributed by atoms with van der Waals surface area (Å²) in [6, 6.07) is 14.1. The normalized spacial score (nSPS) is 21.2. The summed E-state index contributed by atoms with van der Waals surface area (Å²) in [6.07, 6.45) is 3.52. The Balaban J connectivity index is 2.31. The van der Waals surface area contributed by atoms with Crippen LogP contribution in [0.5, 0.6) is 0 Å². The van der Waals surface area contributed by atoms with Crippen molar-refractivity contribution in [3.05, 3.63) is 81.8 Å². The fourth-order valence-electron chi connectivity index (χ4n) is 2.89. The van der Waals surface area contributed by atoms with Crippen molar-refractivity contribution in [2.24, 2.45) is 0 Å². The van der Waals surface area contributed by atoms with Gasteiger partial charge in [-0.2, -0.15) is 0 Å². The first-order valence-corrected chi connectivity index (χ1v) is 7.18.